The number of amides is 1. The summed E-state index contributed by atoms with van der Waals surface area (Å²) in [4.78, 5) is 25.4. The van der Waals surface area contributed by atoms with Crippen LogP contribution in [0.1, 0.15) is 22.0 Å². The number of rotatable bonds is 4. The molecule has 0 radical (unpaired) electrons. The second-order valence-electron chi connectivity index (χ2n) is 8.28. The number of nitrogens with zero attached hydrogens (tertiary/aromatic N) is 3. The zero-order valence-corrected chi connectivity index (χ0v) is 19.7. The molecule has 170 valence electrons. The number of nitrogens with one attached hydrogen (secondary N) is 1. The lowest BCUT2D eigenvalue weighted by atomic mass is 9.89. The fourth-order valence-electron chi connectivity index (χ4n) is 5.19. The first-order valence-electron chi connectivity index (χ1n) is 10.4. The Morgan fingerprint density at radius 1 is 1.06 bits per heavy atom. The smallest absolute Gasteiger partial charge is 0.254 e. The molecule has 2 saturated heterocycles. The van der Waals surface area contributed by atoms with Gasteiger partial charge in [-0.1, -0.05) is 30.3 Å². The van der Waals surface area contributed by atoms with Gasteiger partial charge in [0.05, 0.1) is 12.7 Å². The predicted molar refractivity (Wildman–Crippen MR) is 130 cm³/mol. The molecule has 1 aromatic heterocycles. The van der Waals surface area contributed by atoms with Crippen LogP contribution >= 0.6 is 24.8 Å². The van der Waals surface area contributed by atoms with Crippen molar-refractivity contribution in [2.75, 3.05) is 33.8 Å². The maximum Gasteiger partial charge on any atom is 0.254 e. The Kier molecular flexibility index (Phi) is 7.49. The molecule has 32 heavy (non-hydrogen) atoms. The van der Waals surface area contributed by atoms with Gasteiger partial charge in [0.15, 0.2) is 0 Å². The standard InChI is InChI=1S/C24H26N4O2.2ClH/c1-27-13-17-14-28(15-21(17)22(27)16-7-9-18(30-2)10-8-16)24(29)20-6-4-3-5-19(20)23-25-11-12-26-23;;/h3-12,17,21-22H,13-15H2,1-2H3,(H,25,26);2*1H/t17-,21+,22-;;/m0../s1. The van der Waals surface area contributed by atoms with Gasteiger partial charge in [-0.15, -0.1) is 24.8 Å². The van der Waals surface area contributed by atoms with E-state index < -0.39 is 0 Å². The van der Waals surface area contributed by atoms with Crippen LogP contribution in [0.2, 0.25) is 0 Å². The number of hydrogen-bond acceptors (Lipinski definition) is 4. The van der Waals surface area contributed by atoms with Crippen LogP contribution in [0.5, 0.6) is 5.75 Å². The van der Waals surface area contributed by atoms with Crippen molar-refractivity contribution in [3.63, 3.8) is 0 Å². The van der Waals surface area contributed by atoms with Crippen LogP contribution < -0.4 is 4.74 Å². The molecule has 2 fully saturated rings. The van der Waals surface area contributed by atoms with E-state index in [0.717, 1.165) is 36.8 Å². The first-order valence-corrected chi connectivity index (χ1v) is 10.4. The molecule has 6 nitrogen and oxygen atoms in total. The molecule has 3 aromatic rings. The summed E-state index contributed by atoms with van der Waals surface area (Å²) in [5.41, 5.74) is 2.85. The van der Waals surface area contributed by atoms with E-state index in [1.54, 1.807) is 19.5 Å². The molecule has 0 unspecified atom stereocenters. The van der Waals surface area contributed by atoms with Crippen molar-refractivity contribution in [2.45, 2.75) is 6.04 Å². The first kappa shape index (κ1) is 24.1. The summed E-state index contributed by atoms with van der Waals surface area (Å²) in [6, 6.07) is 16.4. The van der Waals surface area contributed by atoms with Crippen molar-refractivity contribution in [1.82, 2.24) is 19.8 Å². The normalized spacial score (nSPS) is 22.1. The molecule has 5 rings (SSSR count). The van der Waals surface area contributed by atoms with Crippen LogP contribution in [0.25, 0.3) is 11.4 Å². The number of imidazole rings is 1. The van der Waals surface area contributed by atoms with Crippen LogP contribution in [-0.4, -0.2) is 59.5 Å². The Morgan fingerprint density at radius 3 is 2.50 bits per heavy atom. The highest BCUT2D eigenvalue weighted by Crippen LogP contribution is 2.44. The number of methoxy groups -OCH3 is 1. The van der Waals surface area contributed by atoms with Crippen molar-refractivity contribution < 1.29 is 9.53 Å². The highest BCUT2D eigenvalue weighted by Gasteiger charge is 2.47. The third kappa shape index (κ3) is 4.22. The van der Waals surface area contributed by atoms with Crippen LogP contribution in [0.15, 0.2) is 60.9 Å². The highest BCUT2D eigenvalue weighted by atomic mass is 35.5. The van der Waals surface area contributed by atoms with E-state index in [0.29, 0.717) is 23.4 Å². The highest BCUT2D eigenvalue weighted by molar-refractivity contribution is 6.00. The lowest BCUT2D eigenvalue weighted by Gasteiger charge is -2.27. The lowest BCUT2D eigenvalue weighted by Crippen LogP contribution is -2.33. The summed E-state index contributed by atoms with van der Waals surface area (Å²) in [5, 5.41) is 0. The minimum Gasteiger partial charge on any atom is -0.497 e. The molecule has 2 aliphatic heterocycles. The van der Waals surface area contributed by atoms with Gasteiger partial charge in [-0.25, -0.2) is 4.98 Å². The number of hydrogen-bond donors (Lipinski definition) is 1. The van der Waals surface area contributed by atoms with Crippen LogP contribution in [0, 0.1) is 11.8 Å². The van der Waals surface area contributed by atoms with Gasteiger partial charge >= 0.3 is 0 Å². The Bertz CT molecular complexity index is 1040. The number of carbonyl (C=O) groups excluding carboxylic acids is 1. The van der Waals surface area contributed by atoms with Gasteiger partial charge in [-0.3, -0.25) is 9.69 Å². The van der Waals surface area contributed by atoms with Gasteiger partial charge in [0.1, 0.15) is 11.6 Å². The fourth-order valence-corrected chi connectivity index (χ4v) is 5.19. The molecular formula is C24H28Cl2N4O2. The van der Waals surface area contributed by atoms with Crippen molar-refractivity contribution in [2.24, 2.45) is 11.8 Å². The molecule has 0 spiro atoms. The van der Waals surface area contributed by atoms with Gasteiger partial charge < -0.3 is 14.6 Å². The zero-order chi connectivity index (χ0) is 20.7. The second kappa shape index (κ2) is 9.94. The molecule has 3 atom stereocenters. The third-order valence-corrected chi connectivity index (χ3v) is 6.55. The Balaban J connectivity index is 0.00000144. The van der Waals surface area contributed by atoms with E-state index in [2.05, 4.69) is 34.0 Å². The minimum absolute atomic E-state index is 0. The number of carbonyl (C=O) groups is 1. The first-order chi connectivity index (χ1) is 14.7. The van der Waals surface area contributed by atoms with Crippen molar-refractivity contribution in [3.8, 4) is 17.1 Å². The van der Waals surface area contributed by atoms with E-state index in [4.69, 9.17) is 4.74 Å². The average molecular weight is 475 g/mol. The number of likely N-dealkylation sites (tertiary alicyclic amines) is 2. The second-order valence-corrected chi connectivity index (χ2v) is 8.28. The van der Waals surface area contributed by atoms with E-state index >= 15 is 0 Å². The van der Waals surface area contributed by atoms with Crippen LogP contribution in [0.3, 0.4) is 0 Å². The zero-order valence-electron chi connectivity index (χ0n) is 18.1. The molecule has 0 aliphatic carbocycles. The van der Waals surface area contributed by atoms with Gasteiger partial charge in [-0.2, -0.15) is 0 Å². The average Bonchev–Trinajstić information content (AvgIpc) is 3.50. The van der Waals surface area contributed by atoms with E-state index in [9.17, 15) is 4.79 Å². The number of benzene rings is 2. The van der Waals surface area contributed by atoms with Crippen LogP contribution in [0.4, 0.5) is 0 Å². The Hall–Kier alpha value is -2.54. The fraction of sp³-hybridized carbons (Fsp3) is 0.333. The molecule has 2 aliphatic rings. The summed E-state index contributed by atoms with van der Waals surface area (Å²) >= 11 is 0. The molecule has 0 bridgehead atoms. The number of fused-ring (bicyclic) bond motifs is 1. The van der Waals surface area contributed by atoms with Gasteiger partial charge in [0, 0.05) is 49.6 Å². The van der Waals surface area contributed by atoms with Crippen LogP contribution in [-0.2, 0) is 0 Å². The molecule has 0 saturated carbocycles. The topological polar surface area (TPSA) is 61.5 Å². The summed E-state index contributed by atoms with van der Waals surface area (Å²) in [6.45, 7) is 2.58. The molecule has 1 amide bonds. The minimum atomic E-state index is 0. The Labute approximate surface area is 200 Å². The molecule has 3 heterocycles. The molecule has 2 aromatic carbocycles. The van der Waals surface area contributed by atoms with Gasteiger partial charge in [0.25, 0.3) is 5.91 Å². The van der Waals surface area contributed by atoms with Gasteiger partial charge in [-0.05, 0) is 36.7 Å². The summed E-state index contributed by atoms with van der Waals surface area (Å²) in [5.74, 6) is 2.61. The lowest BCUT2D eigenvalue weighted by molar-refractivity contribution is 0.0768. The van der Waals surface area contributed by atoms with Crippen molar-refractivity contribution in [3.05, 3.63) is 72.1 Å². The largest absolute Gasteiger partial charge is 0.497 e. The van der Waals surface area contributed by atoms with Crippen molar-refractivity contribution >= 4 is 30.7 Å². The summed E-state index contributed by atoms with van der Waals surface area (Å²) < 4.78 is 5.31. The number of halogens is 2. The molecule has 8 heteroatoms. The van der Waals surface area contributed by atoms with Gasteiger partial charge in [0.2, 0.25) is 0 Å². The number of H-pyrrole nitrogens is 1. The number of aromatic nitrogens is 2. The molecule has 1 N–H and O–H groups in total. The Morgan fingerprint density at radius 2 is 1.81 bits per heavy atom. The SMILES string of the molecule is COc1ccc([C@H]2[C@@H]3CN(C(=O)c4ccccc4-c4ncc[nH]4)C[C@@H]3CN2C)cc1.Cl.Cl. The quantitative estimate of drug-likeness (QED) is 0.611. The van der Waals surface area contributed by atoms with E-state index in [-0.39, 0.29) is 30.7 Å². The molecular weight excluding hydrogens is 447 g/mol. The van der Waals surface area contributed by atoms with E-state index in [1.165, 1.54) is 5.56 Å². The maximum atomic E-state index is 13.5. The van der Waals surface area contributed by atoms with E-state index in [1.807, 2.05) is 41.3 Å². The number of aromatic amines is 1. The third-order valence-electron chi connectivity index (χ3n) is 6.55. The summed E-state index contributed by atoms with van der Waals surface area (Å²) in [7, 11) is 3.87. The monoisotopic (exact) mass is 474 g/mol. The maximum absolute atomic E-state index is 13.5. The van der Waals surface area contributed by atoms with Crippen molar-refractivity contribution in [1.29, 1.82) is 0 Å². The summed E-state index contributed by atoms with van der Waals surface area (Å²) in [6.07, 6.45) is 3.50. The number of ether oxygens (including phenoxy) is 1. The predicted octanol–water partition coefficient (Wildman–Crippen LogP) is 4.30.